The maximum absolute atomic E-state index is 13.9. The van der Waals surface area contributed by atoms with E-state index in [4.69, 9.17) is 0 Å². The van der Waals surface area contributed by atoms with Crippen LogP contribution in [0.3, 0.4) is 0 Å². The first kappa shape index (κ1) is 16.0. The Kier molecular flexibility index (Phi) is 3.49. The van der Waals surface area contributed by atoms with Crippen molar-refractivity contribution in [2.75, 3.05) is 0 Å². The van der Waals surface area contributed by atoms with Crippen LogP contribution in [-0.2, 0) is 17.1 Å². The number of hydrogen-bond donors (Lipinski definition) is 0. The molecule has 0 unspecified atom stereocenters. The highest BCUT2D eigenvalue weighted by Gasteiger charge is 2.54. The molecule has 128 valence electrons. The van der Waals surface area contributed by atoms with Gasteiger partial charge in [-0.1, -0.05) is 25.6 Å². The lowest BCUT2D eigenvalue weighted by Crippen LogP contribution is -2.42. The molecule has 0 spiro atoms. The van der Waals surface area contributed by atoms with E-state index in [2.05, 4.69) is 13.5 Å². The number of hydrogen-bond acceptors (Lipinski definition) is 1. The Bertz CT molecular complexity index is 708. The van der Waals surface area contributed by atoms with E-state index >= 15 is 0 Å². The van der Waals surface area contributed by atoms with Crippen LogP contribution in [-0.4, -0.2) is 5.78 Å². The summed E-state index contributed by atoms with van der Waals surface area (Å²) in [6.07, 6.45) is 6.28. The highest BCUT2D eigenvalue weighted by Crippen LogP contribution is 2.59. The summed E-state index contributed by atoms with van der Waals surface area (Å²) in [5.74, 6) is -1.07. The van der Waals surface area contributed by atoms with Crippen LogP contribution in [0.1, 0.15) is 61.6 Å². The second-order valence-corrected chi connectivity index (χ2v) is 8.07. The maximum atomic E-state index is 13.9. The van der Waals surface area contributed by atoms with Crippen molar-refractivity contribution < 1.29 is 13.6 Å². The quantitative estimate of drug-likeness (QED) is 0.665. The minimum absolute atomic E-state index is 0.0476. The van der Waals surface area contributed by atoms with Gasteiger partial charge < -0.3 is 0 Å². The van der Waals surface area contributed by atoms with Crippen LogP contribution < -0.4 is 0 Å². The number of allylic oxidation sites excluding steroid dienone is 1. The topological polar surface area (TPSA) is 17.1 Å². The van der Waals surface area contributed by atoms with Gasteiger partial charge in [0.05, 0.1) is 0 Å². The number of aryl methyl sites for hydroxylation is 1. The van der Waals surface area contributed by atoms with Crippen LogP contribution in [0, 0.1) is 17.3 Å². The first-order valence-corrected chi connectivity index (χ1v) is 9.05. The molecule has 3 heteroatoms. The Morgan fingerprint density at radius 3 is 2.79 bits per heavy atom. The van der Waals surface area contributed by atoms with Crippen molar-refractivity contribution in [3.8, 4) is 0 Å². The molecule has 1 nitrogen and oxygen atoms in total. The van der Waals surface area contributed by atoms with E-state index in [1.54, 1.807) is 12.1 Å². The lowest BCUT2D eigenvalue weighted by atomic mass is 9.55. The molecule has 24 heavy (non-hydrogen) atoms. The summed E-state index contributed by atoms with van der Waals surface area (Å²) < 4.78 is 27.8. The zero-order chi connectivity index (χ0) is 17.1. The van der Waals surface area contributed by atoms with E-state index < -0.39 is 5.92 Å². The van der Waals surface area contributed by atoms with Crippen LogP contribution in [0.5, 0.6) is 0 Å². The lowest BCUT2D eigenvalue weighted by Gasteiger charge is -2.48. The van der Waals surface area contributed by atoms with Crippen molar-refractivity contribution in [1.29, 1.82) is 0 Å². The molecular formula is C21H24F2O. The van der Waals surface area contributed by atoms with E-state index in [0.29, 0.717) is 23.5 Å². The number of Topliss-reactive ketones (excluding diaryl/α,β-unsaturated/α-hetero) is 1. The molecule has 0 aliphatic heterocycles. The number of fused-ring (bicyclic) bond motifs is 5. The number of alkyl halides is 2. The Morgan fingerprint density at radius 1 is 1.25 bits per heavy atom. The molecule has 0 saturated heterocycles. The largest absolute Gasteiger partial charge is 0.299 e. The average molecular weight is 330 g/mol. The number of rotatable bonds is 2. The molecule has 0 heterocycles. The number of carbonyl (C=O) groups excluding carboxylic acids is 1. The van der Waals surface area contributed by atoms with Crippen molar-refractivity contribution in [2.24, 2.45) is 17.3 Å². The van der Waals surface area contributed by atoms with Gasteiger partial charge in [0.1, 0.15) is 5.78 Å². The van der Waals surface area contributed by atoms with Crippen LogP contribution in [0.4, 0.5) is 8.78 Å². The second kappa shape index (κ2) is 5.24. The molecule has 4 atom stereocenters. The van der Waals surface area contributed by atoms with Crippen LogP contribution in [0.2, 0.25) is 0 Å². The second-order valence-electron chi connectivity index (χ2n) is 8.07. The van der Waals surface area contributed by atoms with Gasteiger partial charge in [0.2, 0.25) is 0 Å². The molecule has 0 N–H and O–H groups in total. The first-order valence-electron chi connectivity index (χ1n) is 9.05. The van der Waals surface area contributed by atoms with Crippen molar-refractivity contribution >= 4 is 5.78 Å². The fraction of sp³-hybridized carbons (Fsp3) is 0.571. The molecule has 0 bridgehead atoms. The van der Waals surface area contributed by atoms with Gasteiger partial charge >= 0.3 is 0 Å². The minimum atomic E-state index is -2.96. The highest BCUT2D eigenvalue weighted by atomic mass is 19.3. The van der Waals surface area contributed by atoms with Gasteiger partial charge in [-0.25, -0.2) is 0 Å². The number of carbonyl (C=O) groups is 1. The zero-order valence-electron chi connectivity index (χ0n) is 14.2. The third-order valence-corrected chi connectivity index (χ3v) is 7.08. The molecule has 3 aliphatic carbocycles. The monoisotopic (exact) mass is 330 g/mol. The fourth-order valence-corrected chi connectivity index (χ4v) is 5.68. The third kappa shape index (κ3) is 2.13. The summed E-state index contributed by atoms with van der Waals surface area (Å²) in [5.41, 5.74) is 2.24. The van der Waals surface area contributed by atoms with E-state index in [0.717, 1.165) is 50.2 Å². The first-order chi connectivity index (χ1) is 11.4. The maximum Gasteiger partial charge on any atom is 0.291 e. The summed E-state index contributed by atoms with van der Waals surface area (Å²) in [5, 5.41) is 0. The molecule has 1 aromatic carbocycles. The van der Waals surface area contributed by atoms with E-state index in [9.17, 15) is 13.6 Å². The van der Waals surface area contributed by atoms with Crippen molar-refractivity contribution in [3.63, 3.8) is 0 Å². The molecular weight excluding hydrogens is 306 g/mol. The van der Waals surface area contributed by atoms with E-state index in [-0.39, 0.29) is 11.0 Å². The van der Waals surface area contributed by atoms with Gasteiger partial charge in [-0.05, 0) is 73.1 Å². The number of ketones is 1. The number of benzene rings is 1. The molecule has 0 radical (unpaired) electrons. The van der Waals surface area contributed by atoms with Crippen LogP contribution in [0.25, 0.3) is 0 Å². The molecule has 4 rings (SSSR count). The standard InChI is InChI=1S/C21H24F2O/c1-3-21(22,23)14-5-7-15-13(12-14)4-6-17-16(15)10-11-20(2)18(17)8-9-19(20)24/h3,5,7,12,16-18H,1,4,6,8-11H2,2H3/t16-,17-,18+,20+/m1/s1. The number of halogens is 2. The lowest BCUT2D eigenvalue weighted by molar-refractivity contribution is -0.129. The smallest absolute Gasteiger partial charge is 0.291 e. The molecule has 2 fully saturated rings. The van der Waals surface area contributed by atoms with Gasteiger partial charge in [-0.15, -0.1) is 0 Å². The van der Waals surface area contributed by atoms with Crippen molar-refractivity contribution in [1.82, 2.24) is 0 Å². The van der Waals surface area contributed by atoms with Crippen molar-refractivity contribution in [2.45, 2.75) is 57.3 Å². The summed E-state index contributed by atoms with van der Waals surface area (Å²) >= 11 is 0. The molecule has 0 amide bonds. The molecule has 1 aromatic rings. The predicted octanol–water partition coefficient (Wildman–Crippen LogP) is 5.39. The molecule has 0 aromatic heterocycles. The minimum Gasteiger partial charge on any atom is -0.299 e. The summed E-state index contributed by atoms with van der Waals surface area (Å²) in [7, 11) is 0. The summed E-state index contributed by atoms with van der Waals surface area (Å²) in [6.45, 7) is 5.41. The third-order valence-electron chi connectivity index (χ3n) is 7.08. The van der Waals surface area contributed by atoms with Gasteiger partial charge in [-0.3, -0.25) is 4.79 Å². The average Bonchev–Trinajstić information content (AvgIpc) is 2.89. The van der Waals surface area contributed by atoms with Crippen molar-refractivity contribution in [3.05, 3.63) is 47.5 Å². The summed E-state index contributed by atoms with van der Waals surface area (Å²) in [6, 6.07) is 5.16. The van der Waals surface area contributed by atoms with Crippen LogP contribution >= 0.6 is 0 Å². The Balaban J connectivity index is 1.68. The van der Waals surface area contributed by atoms with Gasteiger partial charge in [-0.2, -0.15) is 8.78 Å². The Morgan fingerprint density at radius 2 is 2.04 bits per heavy atom. The van der Waals surface area contributed by atoms with E-state index in [1.165, 1.54) is 5.56 Å². The van der Waals surface area contributed by atoms with Gasteiger partial charge in [0.25, 0.3) is 5.92 Å². The van der Waals surface area contributed by atoms with Gasteiger partial charge in [0.15, 0.2) is 0 Å². The highest BCUT2D eigenvalue weighted by molar-refractivity contribution is 5.87. The molecule has 3 aliphatic rings. The van der Waals surface area contributed by atoms with Gasteiger partial charge in [0, 0.05) is 17.4 Å². The van der Waals surface area contributed by atoms with Crippen LogP contribution in [0.15, 0.2) is 30.9 Å². The van der Waals surface area contributed by atoms with E-state index in [1.807, 2.05) is 6.07 Å². The summed E-state index contributed by atoms with van der Waals surface area (Å²) in [4.78, 5) is 12.3. The zero-order valence-corrected chi connectivity index (χ0v) is 14.2. The SMILES string of the molecule is C=CC(F)(F)c1ccc2c(c1)CC[C@@H]1[C@@H]2CC[C@]2(C)C(=O)CC[C@@H]12. The fourth-order valence-electron chi connectivity index (χ4n) is 5.68. The Labute approximate surface area is 142 Å². The normalized spacial score (nSPS) is 35.1. The molecule has 2 saturated carbocycles. The Hall–Kier alpha value is -1.51. The predicted molar refractivity (Wildman–Crippen MR) is 90.2 cm³/mol.